The molecule has 1 heterocycles. The average Bonchev–Trinajstić information content (AvgIpc) is 2.44. The largest absolute Gasteiger partial charge is 0.388 e. The third kappa shape index (κ3) is 3.53. The fourth-order valence-electron chi connectivity index (χ4n) is 3.33. The number of rotatable bonds is 4. The van der Waals surface area contributed by atoms with Gasteiger partial charge in [-0.25, -0.2) is 0 Å². The van der Waals surface area contributed by atoms with E-state index in [0.717, 1.165) is 24.3 Å². The van der Waals surface area contributed by atoms with Crippen LogP contribution in [0.4, 0.5) is 11.4 Å². The summed E-state index contributed by atoms with van der Waals surface area (Å²) >= 11 is 0. The molecule has 1 aromatic carbocycles. The fourth-order valence-corrected chi connectivity index (χ4v) is 3.33. The van der Waals surface area contributed by atoms with E-state index in [9.17, 15) is 10.1 Å². The third-order valence-electron chi connectivity index (χ3n) is 4.66. The number of hydrogen-bond donors (Lipinski definition) is 1. The Hall–Kier alpha value is -1.62. The van der Waals surface area contributed by atoms with Crippen molar-refractivity contribution in [3.05, 3.63) is 33.9 Å². The van der Waals surface area contributed by atoms with E-state index < -0.39 is 0 Å². The van der Waals surface area contributed by atoms with E-state index in [1.165, 1.54) is 6.42 Å². The highest BCUT2D eigenvalue weighted by molar-refractivity contribution is 5.55. The summed E-state index contributed by atoms with van der Waals surface area (Å²) in [5, 5.41) is 14.1. The van der Waals surface area contributed by atoms with Crippen LogP contribution < -0.4 is 5.32 Å². The van der Waals surface area contributed by atoms with Crippen molar-refractivity contribution in [3.63, 3.8) is 0 Å². The quantitative estimate of drug-likeness (QED) is 0.681. The van der Waals surface area contributed by atoms with E-state index >= 15 is 0 Å². The van der Waals surface area contributed by atoms with Crippen molar-refractivity contribution >= 4 is 11.4 Å². The number of piperidine rings is 1. The van der Waals surface area contributed by atoms with Crippen LogP contribution in [0.2, 0.25) is 0 Å². The Labute approximate surface area is 126 Å². The highest BCUT2D eigenvalue weighted by Gasteiger charge is 2.29. The van der Waals surface area contributed by atoms with E-state index in [-0.39, 0.29) is 10.6 Å². The van der Waals surface area contributed by atoms with Gasteiger partial charge in [-0.3, -0.25) is 15.0 Å². The second kappa shape index (κ2) is 6.43. The van der Waals surface area contributed by atoms with Crippen LogP contribution in [0.15, 0.2) is 18.2 Å². The molecule has 5 nitrogen and oxygen atoms in total. The smallest absolute Gasteiger partial charge is 0.269 e. The lowest BCUT2D eigenvalue weighted by molar-refractivity contribution is -0.384. The maximum absolute atomic E-state index is 11.0. The Morgan fingerprint density at radius 3 is 2.71 bits per heavy atom. The van der Waals surface area contributed by atoms with Gasteiger partial charge in [0.2, 0.25) is 0 Å². The van der Waals surface area contributed by atoms with Gasteiger partial charge in [0.15, 0.2) is 0 Å². The standard InChI is InChI=1S/C16H25N3O2/c1-11-7-12(2)13(3)18(9-11)10-14-8-15(19(20)21)5-6-16(14)17-4/h5-6,8,11-13,17H,7,9-10H2,1-4H3. The van der Waals surface area contributed by atoms with Crippen LogP contribution >= 0.6 is 0 Å². The van der Waals surface area contributed by atoms with Crippen LogP contribution in [0, 0.1) is 22.0 Å². The van der Waals surface area contributed by atoms with Crippen LogP contribution in [-0.2, 0) is 6.54 Å². The molecule has 1 aliphatic rings. The monoisotopic (exact) mass is 291 g/mol. The maximum Gasteiger partial charge on any atom is 0.269 e. The Morgan fingerprint density at radius 2 is 2.10 bits per heavy atom. The molecular formula is C16H25N3O2. The predicted octanol–water partition coefficient (Wildman–Crippen LogP) is 3.50. The molecule has 0 aliphatic carbocycles. The highest BCUT2D eigenvalue weighted by atomic mass is 16.6. The van der Waals surface area contributed by atoms with Gasteiger partial charge in [-0.2, -0.15) is 0 Å². The van der Waals surface area contributed by atoms with Crippen molar-refractivity contribution in [1.82, 2.24) is 4.90 Å². The number of non-ortho nitro benzene ring substituents is 1. The number of benzene rings is 1. The zero-order chi connectivity index (χ0) is 15.6. The Balaban J connectivity index is 2.24. The van der Waals surface area contributed by atoms with Crippen LogP contribution in [0.1, 0.15) is 32.8 Å². The zero-order valence-electron chi connectivity index (χ0n) is 13.3. The Kier molecular flexibility index (Phi) is 4.83. The molecule has 21 heavy (non-hydrogen) atoms. The van der Waals surface area contributed by atoms with Gasteiger partial charge in [-0.05, 0) is 36.8 Å². The minimum Gasteiger partial charge on any atom is -0.388 e. The summed E-state index contributed by atoms with van der Waals surface area (Å²) in [6.45, 7) is 8.64. The van der Waals surface area contributed by atoms with Crippen molar-refractivity contribution < 1.29 is 4.92 Å². The summed E-state index contributed by atoms with van der Waals surface area (Å²) in [7, 11) is 1.86. The molecule has 1 aliphatic heterocycles. The summed E-state index contributed by atoms with van der Waals surface area (Å²) in [5.41, 5.74) is 2.13. The second-order valence-corrected chi connectivity index (χ2v) is 6.34. The van der Waals surface area contributed by atoms with Crippen LogP contribution in [0.5, 0.6) is 0 Å². The van der Waals surface area contributed by atoms with Gasteiger partial charge in [0.05, 0.1) is 4.92 Å². The summed E-state index contributed by atoms with van der Waals surface area (Å²) in [6, 6.07) is 5.56. The van der Waals surface area contributed by atoms with Crippen molar-refractivity contribution in [2.45, 2.75) is 39.8 Å². The number of nitro benzene ring substituents is 1. The fraction of sp³-hybridized carbons (Fsp3) is 0.625. The lowest BCUT2D eigenvalue weighted by Gasteiger charge is -2.41. The molecule has 0 amide bonds. The van der Waals surface area contributed by atoms with Gasteiger partial charge in [0.1, 0.15) is 0 Å². The van der Waals surface area contributed by atoms with Gasteiger partial charge in [0, 0.05) is 44.0 Å². The topological polar surface area (TPSA) is 58.4 Å². The summed E-state index contributed by atoms with van der Waals surface area (Å²) in [6.07, 6.45) is 1.26. The number of hydrogen-bond acceptors (Lipinski definition) is 4. The van der Waals surface area contributed by atoms with Gasteiger partial charge in [-0.1, -0.05) is 13.8 Å². The molecule has 0 aromatic heterocycles. The minimum absolute atomic E-state index is 0.162. The summed E-state index contributed by atoms with van der Waals surface area (Å²) in [5.74, 6) is 1.33. The van der Waals surface area contributed by atoms with Crippen molar-refractivity contribution in [3.8, 4) is 0 Å². The average molecular weight is 291 g/mol. The first kappa shape index (κ1) is 15.8. The first-order chi connectivity index (χ1) is 9.92. The van der Waals surface area contributed by atoms with Crippen molar-refractivity contribution in [2.24, 2.45) is 11.8 Å². The molecule has 0 spiro atoms. The van der Waals surface area contributed by atoms with Gasteiger partial charge in [0.25, 0.3) is 5.69 Å². The zero-order valence-corrected chi connectivity index (χ0v) is 13.3. The number of nitrogens with zero attached hydrogens (tertiary/aromatic N) is 2. The molecule has 5 heteroatoms. The van der Waals surface area contributed by atoms with Gasteiger partial charge in [-0.15, -0.1) is 0 Å². The maximum atomic E-state index is 11.0. The predicted molar refractivity (Wildman–Crippen MR) is 85.5 cm³/mol. The SMILES string of the molecule is CNc1ccc([N+](=O)[O-])cc1CN1CC(C)CC(C)C1C. The molecule has 1 fully saturated rings. The molecule has 1 N–H and O–H groups in total. The number of likely N-dealkylation sites (tertiary alicyclic amines) is 1. The highest BCUT2D eigenvalue weighted by Crippen LogP contribution is 2.30. The lowest BCUT2D eigenvalue weighted by atomic mass is 9.85. The molecule has 0 saturated carbocycles. The van der Waals surface area contributed by atoms with E-state index in [0.29, 0.717) is 17.9 Å². The summed E-state index contributed by atoms with van der Waals surface area (Å²) < 4.78 is 0. The number of nitrogens with one attached hydrogen (secondary N) is 1. The normalized spacial score (nSPS) is 26.6. The molecule has 2 rings (SSSR count). The first-order valence-corrected chi connectivity index (χ1v) is 7.61. The van der Waals surface area contributed by atoms with Crippen LogP contribution in [0.25, 0.3) is 0 Å². The number of nitro groups is 1. The van der Waals surface area contributed by atoms with E-state index in [4.69, 9.17) is 0 Å². The van der Waals surface area contributed by atoms with E-state index in [1.54, 1.807) is 18.2 Å². The molecule has 0 bridgehead atoms. The second-order valence-electron chi connectivity index (χ2n) is 6.34. The molecule has 3 atom stereocenters. The molecule has 1 saturated heterocycles. The van der Waals surface area contributed by atoms with Gasteiger partial charge < -0.3 is 5.32 Å². The van der Waals surface area contributed by atoms with Crippen LogP contribution in [0.3, 0.4) is 0 Å². The molecule has 116 valence electrons. The molecular weight excluding hydrogens is 266 g/mol. The molecule has 3 unspecified atom stereocenters. The molecule has 1 aromatic rings. The van der Waals surface area contributed by atoms with Crippen molar-refractivity contribution in [2.75, 3.05) is 18.9 Å². The Morgan fingerprint density at radius 1 is 1.38 bits per heavy atom. The minimum atomic E-state index is -0.326. The Bertz CT molecular complexity index is 518. The number of anilines is 1. The van der Waals surface area contributed by atoms with Crippen LogP contribution in [-0.4, -0.2) is 29.5 Å². The third-order valence-corrected chi connectivity index (χ3v) is 4.66. The molecule has 0 radical (unpaired) electrons. The summed E-state index contributed by atoms with van der Waals surface area (Å²) in [4.78, 5) is 13.1. The van der Waals surface area contributed by atoms with Crippen molar-refractivity contribution in [1.29, 1.82) is 0 Å². The first-order valence-electron chi connectivity index (χ1n) is 7.61. The van der Waals surface area contributed by atoms with E-state index in [1.807, 2.05) is 7.05 Å². The lowest BCUT2D eigenvalue weighted by Crippen LogP contribution is -2.45. The van der Waals surface area contributed by atoms with Gasteiger partial charge >= 0.3 is 0 Å². The van der Waals surface area contributed by atoms with E-state index in [2.05, 4.69) is 31.0 Å².